The maximum absolute atomic E-state index is 14.0. The second-order valence-electron chi connectivity index (χ2n) is 10.1. The summed E-state index contributed by atoms with van der Waals surface area (Å²) in [5, 5.41) is 0. The van der Waals surface area contributed by atoms with Crippen molar-refractivity contribution in [3.63, 3.8) is 0 Å². The Labute approximate surface area is 267 Å². The van der Waals surface area contributed by atoms with Gasteiger partial charge in [-0.15, -0.1) is 0 Å². The predicted molar refractivity (Wildman–Crippen MR) is 178 cm³/mol. The van der Waals surface area contributed by atoms with Gasteiger partial charge >= 0.3 is 5.97 Å². The van der Waals surface area contributed by atoms with E-state index in [1.54, 1.807) is 25.5 Å². The zero-order valence-electron chi connectivity index (χ0n) is 24.6. The molecule has 0 N–H and O–H groups in total. The van der Waals surface area contributed by atoms with E-state index in [0.29, 0.717) is 33.0 Å². The summed E-state index contributed by atoms with van der Waals surface area (Å²) in [5.41, 5.74) is 4.14. The van der Waals surface area contributed by atoms with Gasteiger partial charge < -0.3 is 19.1 Å². The van der Waals surface area contributed by atoms with Gasteiger partial charge in [-0.05, 0) is 102 Å². The van der Waals surface area contributed by atoms with Gasteiger partial charge in [-0.1, -0.05) is 29.5 Å². The Morgan fingerprint density at radius 1 is 1.09 bits per heavy atom. The van der Waals surface area contributed by atoms with E-state index in [9.17, 15) is 9.59 Å². The molecule has 0 saturated carbocycles. The Kier molecular flexibility index (Phi) is 9.36. The SMILES string of the molecule is CCOC(=O)C1=C(C)N=c2s/c(=C\c3ccc(OC)c(COc4ccc(I)cc4)c3)c(=O)n2[C@H]1c1ccc(N(C)C)cc1. The fourth-order valence-electron chi connectivity index (χ4n) is 4.91. The second kappa shape index (κ2) is 13.2. The van der Waals surface area contributed by atoms with Gasteiger partial charge in [0.2, 0.25) is 0 Å². The number of aromatic nitrogens is 1. The average Bonchev–Trinajstić information content (AvgIpc) is 3.30. The molecule has 0 spiro atoms. The van der Waals surface area contributed by atoms with Crippen molar-refractivity contribution in [3.05, 3.63) is 118 Å². The molecule has 0 saturated heterocycles. The van der Waals surface area contributed by atoms with Crippen LogP contribution in [0.2, 0.25) is 0 Å². The first-order valence-electron chi connectivity index (χ1n) is 13.7. The van der Waals surface area contributed by atoms with Crippen LogP contribution in [0.1, 0.15) is 36.6 Å². The lowest BCUT2D eigenvalue weighted by atomic mass is 9.95. The van der Waals surface area contributed by atoms with E-state index in [-0.39, 0.29) is 12.2 Å². The molecule has 0 aliphatic carbocycles. The minimum absolute atomic E-state index is 0.222. The molecule has 0 amide bonds. The van der Waals surface area contributed by atoms with Crippen LogP contribution in [0.4, 0.5) is 5.69 Å². The van der Waals surface area contributed by atoms with Crippen molar-refractivity contribution in [2.24, 2.45) is 4.99 Å². The van der Waals surface area contributed by atoms with Crippen molar-refractivity contribution in [3.8, 4) is 11.5 Å². The first-order chi connectivity index (χ1) is 20.7. The summed E-state index contributed by atoms with van der Waals surface area (Å²) in [6, 6.07) is 20.7. The zero-order valence-corrected chi connectivity index (χ0v) is 27.6. The van der Waals surface area contributed by atoms with E-state index in [4.69, 9.17) is 14.2 Å². The smallest absolute Gasteiger partial charge is 0.338 e. The van der Waals surface area contributed by atoms with Crippen LogP contribution in [0.5, 0.6) is 11.5 Å². The number of carbonyl (C=O) groups is 1. The Balaban J connectivity index is 1.57. The lowest BCUT2D eigenvalue weighted by Crippen LogP contribution is -2.39. The second-order valence-corrected chi connectivity index (χ2v) is 12.4. The van der Waals surface area contributed by atoms with Crippen molar-refractivity contribution >= 4 is 51.7 Å². The molecular formula is C33H32IN3O5S. The Hall–Kier alpha value is -3.90. The molecule has 1 aliphatic rings. The number of ether oxygens (including phenoxy) is 3. The summed E-state index contributed by atoms with van der Waals surface area (Å²) >= 11 is 3.55. The van der Waals surface area contributed by atoms with Crippen molar-refractivity contribution in [2.45, 2.75) is 26.5 Å². The molecule has 4 aromatic rings. The summed E-state index contributed by atoms with van der Waals surface area (Å²) in [7, 11) is 5.55. The van der Waals surface area contributed by atoms with E-state index in [0.717, 1.165) is 31.7 Å². The minimum atomic E-state index is -0.664. The molecule has 10 heteroatoms. The molecule has 8 nitrogen and oxygen atoms in total. The largest absolute Gasteiger partial charge is 0.496 e. The third-order valence-electron chi connectivity index (χ3n) is 7.05. The number of esters is 1. The number of halogens is 1. The monoisotopic (exact) mass is 709 g/mol. The molecule has 3 aromatic carbocycles. The summed E-state index contributed by atoms with van der Waals surface area (Å²) in [6.07, 6.45) is 1.84. The number of methoxy groups -OCH3 is 1. The first kappa shape index (κ1) is 30.6. The summed E-state index contributed by atoms with van der Waals surface area (Å²) in [6.45, 7) is 4.07. The van der Waals surface area contributed by atoms with Crippen LogP contribution in [0.15, 0.2) is 87.8 Å². The van der Waals surface area contributed by atoms with Gasteiger partial charge in [0.05, 0.1) is 35.6 Å². The van der Waals surface area contributed by atoms with Crippen LogP contribution in [-0.4, -0.2) is 38.3 Å². The Morgan fingerprint density at radius 2 is 1.81 bits per heavy atom. The highest BCUT2D eigenvalue weighted by Gasteiger charge is 2.33. The number of anilines is 1. The molecule has 0 fully saturated rings. The number of fused-ring (bicyclic) bond motifs is 1. The quantitative estimate of drug-likeness (QED) is 0.179. The number of carbonyl (C=O) groups excluding carboxylic acids is 1. The first-order valence-corrected chi connectivity index (χ1v) is 15.6. The van der Waals surface area contributed by atoms with Crippen molar-refractivity contribution in [2.75, 3.05) is 32.7 Å². The lowest BCUT2D eigenvalue weighted by molar-refractivity contribution is -0.139. The molecule has 0 bridgehead atoms. The lowest BCUT2D eigenvalue weighted by Gasteiger charge is -2.25. The Morgan fingerprint density at radius 3 is 2.47 bits per heavy atom. The molecule has 43 heavy (non-hydrogen) atoms. The highest BCUT2D eigenvalue weighted by Crippen LogP contribution is 2.32. The van der Waals surface area contributed by atoms with Crippen LogP contribution in [0, 0.1) is 3.57 Å². The van der Waals surface area contributed by atoms with E-state index in [2.05, 4.69) is 27.6 Å². The third-order valence-corrected chi connectivity index (χ3v) is 8.75. The van der Waals surface area contributed by atoms with Crippen LogP contribution in [-0.2, 0) is 16.1 Å². The topological polar surface area (TPSA) is 82.4 Å². The molecule has 0 unspecified atom stereocenters. The number of allylic oxidation sites excluding steroid dienone is 1. The van der Waals surface area contributed by atoms with Crippen LogP contribution >= 0.6 is 33.9 Å². The van der Waals surface area contributed by atoms with Gasteiger partial charge in [0, 0.05) is 28.9 Å². The predicted octanol–water partition coefficient (Wildman–Crippen LogP) is 5.06. The normalized spacial score (nSPS) is 14.7. The summed E-state index contributed by atoms with van der Waals surface area (Å²) < 4.78 is 20.2. The molecule has 1 aromatic heterocycles. The molecule has 0 radical (unpaired) electrons. The van der Waals surface area contributed by atoms with Crippen molar-refractivity contribution in [1.82, 2.24) is 4.57 Å². The summed E-state index contributed by atoms with van der Waals surface area (Å²) in [4.78, 5) is 34.4. The highest BCUT2D eigenvalue weighted by atomic mass is 127. The van der Waals surface area contributed by atoms with Crippen LogP contribution < -0.4 is 29.3 Å². The van der Waals surface area contributed by atoms with Crippen molar-refractivity contribution in [1.29, 1.82) is 0 Å². The van der Waals surface area contributed by atoms with Gasteiger partial charge in [-0.25, -0.2) is 9.79 Å². The minimum Gasteiger partial charge on any atom is -0.496 e. The Bertz CT molecular complexity index is 1860. The molecule has 2 heterocycles. The van der Waals surface area contributed by atoms with Crippen LogP contribution in [0.3, 0.4) is 0 Å². The van der Waals surface area contributed by atoms with Gasteiger partial charge in [0.25, 0.3) is 5.56 Å². The maximum atomic E-state index is 14.0. The highest BCUT2D eigenvalue weighted by molar-refractivity contribution is 14.1. The van der Waals surface area contributed by atoms with Gasteiger partial charge in [-0.3, -0.25) is 9.36 Å². The summed E-state index contributed by atoms with van der Waals surface area (Å²) in [5.74, 6) is 0.972. The van der Waals surface area contributed by atoms with E-state index in [1.165, 1.54) is 11.3 Å². The number of benzene rings is 3. The molecular weight excluding hydrogens is 677 g/mol. The van der Waals surface area contributed by atoms with Crippen LogP contribution in [0.25, 0.3) is 6.08 Å². The van der Waals surface area contributed by atoms with Crippen molar-refractivity contribution < 1.29 is 19.0 Å². The molecule has 222 valence electrons. The van der Waals surface area contributed by atoms with Gasteiger partial charge in [0.15, 0.2) is 4.80 Å². The number of thiazole rings is 1. The maximum Gasteiger partial charge on any atom is 0.338 e. The molecule has 5 rings (SSSR count). The van der Waals surface area contributed by atoms with E-state index >= 15 is 0 Å². The number of rotatable bonds is 9. The number of hydrogen-bond acceptors (Lipinski definition) is 8. The fourth-order valence-corrected chi connectivity index (χ4v) is 6.31. The standard InChI is InChI=1S/C33H32IN3O5S/c1-6-41-32(39)29-20(2)35-33-37(30(29)22-8-12-25(13-9-22)36(3)4)31(38)28(43-33)18-21-7-16-27(40-5)23(17-21)19-42-26-14-10-24(34)11-15-26/h7-18,30H,6,19H2,1-5H3/b28-18-/t30-/m0/s1. The molecule has 1 atom stereocenters. The van der Waals surface area contributed by atoms with Gasteiger partial charge in [0.1, 0.15) is 18.1 Å². The van der Waals surface area contributed by atoms with E-state index < -0.39 is 12.0 Å². The van der Waals surface area contributed by atoms with E-state index in [1.807, 2.05) is 91.8 Å². The zero-order chi connectivity index (χ0) is 30.7. The third kappa shape index (κ3) is 6.54. The fraction of sp³-hybridized carbons (Fsp3) is 0.242. The average molecular weight is 710 g/mol. The number of nitrogens with zero attached hydrogens (tertiary/aromatic N) is 3. The molecule has 1 aliphatic heterocycles. The van der Waals surface area contributed by atoms with Gasteiger partial charge in [-0.2, -0.15) is 0 Å². The number of hydrogen-bond donors (Lipinski definition) is 0.